The molecule has 0 aliphatic heterocycles. The molecule has 30 heavy (non-hydrogen) atoms. The van der Waals surface area contributed by atoms with Gasteiger partial charge in [-0.3, -0.25) is 4.79 Å². The molecule has 0 saturated heterocycles. The first-order chi connectivity index (χ1) is 14.5. The molecule has 0 spiro atoms. The molecule has 0 fully saturated rings. The predicted molar refractivity (Wildman–Crippen MR) is 113 cm³/mol. The molecule has 152 valence electrons. The van der Waals surface area contributed by atoms with E-state index in [2.05, 4.69) is 15.0 Å². The van der Waals surface area contributed by atoms with Crippen LogP contribution in [0.15, 0.2) is 59.7 Å². The minimum Gasteiger partial charge on any atom is -0.319 e. The first kappa shape index (κ1) is 20.0. The zero-order chi connectivity index (χ0) is 21.3. The Kier molecular flexibility index (Phi) is 5.46. The molecular weight excluding hydrogens is 410 g/mol. The van der Waals surface area contributed by atoms with Gasteiger partial charge in [-0.15, -0.1) is 0 Å². The number of rotatable bonds is 5. The molecule has 2 aromatic carbocycles. The Balaban J connectivity index is 1.86. The van der Waals surface area contributed by atoms with Crippen LogP contribution in [0.2, 0.25) is 5.02 Å². The molecule has 1 N–H and O–H groups in total. The van der Waals surface area contributed by atoms with E-state index in [4.69, 9.17) is 11.6 Å². The van der Waals surface area contributed by atoms with Gasteiger partial charge in [-0.2, -0.15) is 0 Å². The van der Waals surface area contributed by atoms with Crippen LogP contribution in [-0.4, -0.2) is 15.0 Å². The summed E-state index contributed by atoms with van der Waals surface area (Å²) in [5.41, 5.74) is 1.46. The van der Waals surface area contributed by atoms with Crippen molar-refractivity contribution in [2.75, 3.05) is 4.90 Å². The third kappa shape index (κ3) is 3.89. The van der Waals surface area contributed by atoms with Gasteiger partial charge < -0.3 is 9.88 Å². The summed E-state index contributed by atoms with van der Waals surface area (Å²) in [5.74, 6) is -1.73. The molecule has 2 heterocycles. The van der Waals surface area contributed by atoms with E-state index in [1.54, 1.807) is 35.5 Å². The minimum absolute atomic E-state index is 0.150. The van der Waals surface area contributed by atoms with Gasteiger partial charge in [0.05, 0.1) is 12.1 Å². The Morgan fingerprint density at radius 1 is 1.10 bits per heavy atom. The molecule has 0 saturated carbocycles. The van der Waals surface area contributed by atoms with Crippen LogP contribution in [0.5, 0.6) is 0 Å². The normalized spacial score (nSPS) is 11.1. The van der Waals surface area contributed by atoms with Crippen LogP contribution in [-0.2, 0) is 13.0 Å². The second-order valence-electron chi connectivity index (χ2n) is 6.75. The van der Waals surface area contributed by atoms with Crippen molar-refractivity contribution in [3.63, 3.8) is 0 Å². The number of nitrogens with one attached hydrogen (secondary N) is 1. The van der Waals surface area contributed by atoms with Crippen molar-refractivity contribution in [2.45, 2.75) is 19.9 Å². The lowest BCUT2D eigenvalue weighted by Crippen LogP contribution is -2.21. The highest BCUT2D eigenvalue weighted by molar-refractivity contribution is 6.30. The zero-order valence-corrected chi connectivity index (χ0v) is 16.8. The molecule has 0 atom stereocenters. The lowest BCUT2D eigenvalue weighted by molar-refractivity contribution is 0.515. The average molecular weight is 427 g/mol. The molecule has 4 aromatic rings. The third-order valence-corrected chi connectivity index (χ3v) is 5.02. The Hall–Kier alpha value is -3.32. The number of anilines is 2. The highest BCUT2D eigenvalue weighted by atomic mass is 35.5. The van der Waals surface area contributed by atoms with Crippen LogP contribution in [0.3, 0.4) is 0 Å². The summed E-state index contributed by atoms with van der Waals surface area (Å²) in [6.07, 6.45) is 4.25. The summed E-state index contributed by atoms with van der Waals surface area (Å²) in [4.78, 5) is 25.2. The number of H-pyrrole nitrogens is 1. The van der Waals surface area contributed by atoms with Crippen molar-refractivity contribution in [3.05, 3.63) is 93.0 Å². The number of aromatic nitrogens is 3. The number of fused-ring (bicyclic) bond motifs is 1. The van der Waals surface area contributed by atoms with Gasteiger partial charge in [0, 0.05) is 34.6 Å². The average Bonchev–Trinajstić information content (AvgIpc) is 2.75. The largest absolute Gasteiger partial charge is 0.319 e. The van der Waals surface area contributed by atoms with Crippen molar-refractivity contribution in [1.82, 2.24) is 15.0 Å². The molecule has 0 amide bonds. The predicted octanol–water partition coefficient (Wildman–Crippen LogP) is 5.15. The highest BCUT2D eigenvalue weighted by Gasteiger charge is 2.18. The van der Waals surface area contributed by atoms with Crippen molar-refractivity contribution < 1.29 is 8.78 Å². The van der Waals surface area contributed by atoms with Gasteiger partial charge in [-0.05, 0) is 47.9 Å². The van der Waals surface area contributed by atoms with Gasteiger partial charge in [-0.25, -0.2) is 18.7 Å². The fourth-order valence-corrected chi connectivity index (χ4v) is 3.41. The standard InChI is InChI=1S/C22H17ClF2N4O/c1-2-13-10-26-22(27-11-13)29(16-5-3-4-15(23)9-16)12-14-8-19(30)28-21-17(14)6-7-18(24)20(21)25/h3-11H,2,12H2,1H3,(H,28,30). The van der Waals surface area contributed by atoms with E-state index in [-0.39, 0.29) is 12.1 Å². The van der Waals surface area contributed by atoms with Crippen molar-refractivity contribution in [1.29, 1.82) is 0 Å². The quantitative estimate of drug-likeness (QED) is 0.479. The molecule has 0 bridgehead atoms. The van der Waals surface area contributed by atoms with Gasteiger partial charge in [0.25, 0.3) is 0 Å². The van der Waals surface area contributed by atoms with Crippen molar-refractivity contribution >= 4 is 34.1 Å². The van der Waals surface area contributed by atoms with Crippen LogP contribution in [0.1, 0.15) is 18.1 Å². The summed E-state index contributed by atoms with van der Waals surface area (Å²) in [7, 11) is 0. The number of hydrogen-bond acceptors (Lipinski definition) is 4. The lowest BCUT2D eigenvalue weighted by Gasteiger charge is -2.24. The van der Waals surface area contributed by atoms with Gasteiger partial charge in [-0.1, -0.05) is 24.6 Å². The summed E-state index contributed by atoms with van der Waals surface area (Å²) < 4.78 is 28.0. The number of benzene rings is 2. The van der Waals surface area contributed by atoms with Crippen molar-refractivity contribution in [3.8, 4) is 0 Å². The molecule has 0 aliphatic carbocycles. The Labute approximate surface area is 176 Å². The molecule has 0 radical (unpaired) electrons. The van der Waals surface area contributed by atoms with Crippen LogP contribution in [0.4, 0.5) is 20.4 Å². The van der Waals surface area contributed by atoms with Gasteiger partial charge in [0.2, 0.25) is 11.5 Å². The van der Waals surface area contributed by atoms with Crippen LogP contribution in [0, 0.1) is 11.6 Å². The first-order valence-electron chi connectivity index (χ1n) is 9.30. The van der Waals surface area contributed by atoms with Crippen LogP contribution >= 0.6 is 11.6 Å². The summed E-state index contributed by atoms with van der Waals surface area (Å²) >= 11 is 6.17. The van der Waals surface area contributed by atoms with E-state index >= 15 is 0 Å². The number of halogens is 3. The lowest BCUT2D eigenvalue weighted by atomic mass is 10.1. The maximum atomic E-state index is 14.3. The number of aromatic amines is 1. The molecule has 2 aromatic heterocycles. The van der Waals surface area contributed by atoms with E-state index in [1.165, 1.54) is 12.1 Å². The van der Waals surface area contributed by atoms with E-state index < -0.39 is 17.2 Å². The molecule has 0 unspecified atom stereocenters. The second-order valence-corrected chi connectivity index (χ2v) is 7.19. The number of hydrogen-bond donors (Lipinski definition) is 1. The Bertz CT molecular complexity index is 1270. The van der Waals surface area contributed by atoms with Gasteiger partial charge in [0.1, 0.15) is 0 Å². The monoisotopic (exact) mass is 426 g/mol. The molecule has 8 heteroatoms. The fourth-order valence-electron chi connectivity index (χ4n) is 3.23. The summed E-state index contributed by atoms with van der Waals surface area (Å²) in [6, 6.07) is 10.9. The fraction of sp³-hybridized carbons (Fsp3) is 0.136. The Morgan fingerprint density at radius 2 is 1.87 bits per heavy atom. The van der Waals surface area contributed by atoms with Crippen LogP contribution < -0.4 is 10.5 Å². The zero-order valence-electron chi connectivity index (χ0n) is 16.0. The molecule has 5 nitrogen and oxygen atoms in total. The Morgan fingerprint density at radius 3 is 2.57 bits per heavy atom. The van der Waals surface area contributed by atoms with Gasteiger partial charge >= 0.3 is 0 Å². The SMILES string of the molecule is CCc1cnc(N(Cc2cc(=O)[nH]c3c(F)c(F)ccc23)c2cccc(Cl)c2)nc1. The first-order valence-corrected chi connectivity index (χ1v) is 9.68. The van der Waals surface area contributed by atoms with E-state index in [0.717, 1.165) is 18.1 Å². The maximum Gasteiger partial charge on any atom is 0.248 e. The smallest absolute Gasteiger partial charge is 0.248 e. The maximum absolute atomic E-state index is 14.3. The number of aryl methyl sites for hydroxylation is 1. The number of pyridine rings is 1. The van der Waals surface area contributed by atoms with E-state index in [0.29, 0.717) is 27.6 Å². The summed E-state index contributed by atoms with van der Waals surface area (Å²) in [6.45, 7) is 2.15. The molecule has 0 aliphatic rings. The topological polar surface area (TPSA) is 61.9 Å². The third-order valence-electron chi connectivity index (χ3n) is 4.78. The van der Waals surface area contributed by atoms with Crippen LogP contribution in [0.25, 0.3) is 10.9 Å². The van der Waals surface area contributed by atoms with Gasteiger partial charge in [0.15, 0.2) is 11.6 Å². The van der Waals surface area contributed by atoms with E-state index in [1.807, 2.05) is 13.0 Å². The molecule has 4 rings (SSSR count). The van der Waals surface area contributed by atoms with Crippen molar-refractivity contribution in [2.24, 2.45) is 0 Å². The second kappa shape index (κ2) is 8.20. The highest BCUT2D eigenvalue weighted by Crippen LogP contribution is 2.29. The molecular formula is C22H17ClF2N4O. The minimum atomic E-state index is -1.09. The van der Waals surface area contributed by atoms with E-state index in [9.17, 15) is 13.6 Å². The summed E-state index contributed by atoms with van der Waals surface area (Å²) in [5, 5.41) is 0.914. The number of nitrogens with zero attached hydrogens (tertiary/aromatic N) is 3.